The van der Waals surface area contributed by atoms with Gasteiger partial charge < -0.3 is 31.0 Å². The van der Waals surface area contributed by atoms with E-state index in [-0.39, 0.29) is 25.2 Å². The van der Waals surface area contributed by atoms with Gasteiger partial charge in [-0.15, -0.1) is 0 Å². The van der Waals surface area contributed by atoms with Gasteiger partial charge in [-0.05, 0) is 26.0 Å². The molecular formula is C24H27N7O6. The number of ether oxygens (including phenoxy) is 3. The molecule has 3 amide bonds. The van der Waals surface area contributed by atoms with E-state index >= 15 is 0 Å². The third kappa shape index (κ3) is 5.11. The van der Waals surface area contributed by atoms with Crippen molar-refractivity contribution in [2.45, 2.75) is 38.1 Å². The smallest absolute Gasteiger partial charge is 0.404 e. The minimum absolute atomic E-state index is 0.0364. The molecule has 13 nitrogen and oxygen atoms in total. The summed E-state index contributed by atoms with van der Waals surface area (Å²) in [6.07, 6.45) is 2.93. The van der Waals surface area contributed by atoms with E-state index in [0.717, 1.165) is 5.56 Å². The maximum absolute atomic E-state index is 13.3. The molecule has 13 heteroatoms. The Morgan fingerprint density at radius 2 is 2.00 bits per heavy atom. The van der Waals surface area contributed by atoms with Gasteiger partial charge in [-0.2, -0.15) is 5.10 Å². The largest absolute Gasteiger partial charge is 0.487 e. The second kappa shape index (κ2) is 9.24. The Morgan fingerprint density at radius 1 is 1.22 bits per heavy atom. The number of carbonyl (C=O) groups is 3. The third-order valence-electron chi connectivity index (χ3n) is 6.15. The standard InChI is InChI=1S/C24H27N7O6/c1-24(2)8-13-6-15(29-22(33)14-9-28-31-5-3-4-27-21(14)31)17(7-16(13)37-24)35-18-10-30(12-20(25)32)11-19(18)36-23(26)34/h3-7,9,18-19H,8,10-12H2,1-2H3,(H2,25,32)(H2,26,34)(H,29,33). The molecule has 0 aliphatic carbocycles. The highest BCUT2D eigenvalue weighted by atomic mass is 16.6. The molecule has 2 aromatic heterocycles. The Labute approximate surface area is 211 Å². The normalized spacial score (nSPS) is 20.3. The van der Waals surface area contributed by atoms with Crippen molar-refractivity contribution in [2.75, 3.05) is 25.0 Å². The molecule has 2 atom stereocenters. The molecule has 0 spiro atoms. The molecule has 4 heterocycles. The fraction of sp³-hybridized carbons (Fsp3) is 0.375. The first-order chi connectivity index (χ1) is 17.6. The van der Waals surface area contributed by atoms with Crippen LogP contribution in [0.15, 0.2) is 36.8 Å². The lowest BCUT2D eigenvalue weighted by molar-refractivity contribution is -0.119. The number of carbonyl (C=O) groups excluding carboxylic acids is 3. The van der Waals surface area contributed by atoms with E-state index in [4.69, 9.17) is 25.7 Å². The number of nitrogens with zero attached hydrogens (tertiary/aromatic N) is 4. The monoisotopic (exact) mass is 509 g/mol. The molecule has 3 aromatic rings. The van der Waals surface area contributed by atoms with Crippen molar-refractivity contribution in [3.05, 3.63) is 47.9 Å². The van der Waals surface area contributed by atoms with Crippen molar-refractivity contribution in [2.24, 2.45) is 11.5 Å². The second-order valence-electron chi connectivity index (χ2n) is 9.69. The van der Waals surface area contributed by atoms with Crippen molar-refractivity contribution >= 4 is 29.2 Å². The number of benzene rings is 1. The van der Waals surface area contributed by atoms with Gasteiger partial charge in [0, 0.05) is 43.5 Å². The molecule has 1 aromatic carbocycles. The van der Waals surface area contributed by atoms with Crippen LogP contribution in [0.5, 0.6) is 11.5 Å². The van der Waals surface area contributed by atoms with Gasteiger partial charge in [-0.25, -0.2) is 14.3 Å². The summed E-state index contributed by atoms with van der Waals surface area (Å²) < 4.78 is 19.1. The van der Waals surface area contributed by atoms with Crippen molar-refractivity contribution in [1.29, 1.82) is 0 Å². The Morgan fingerprint density at radius 3 is 2.76 bits per heavy atom. The van der Waals surface area contributed by atoms with Crippen LogP contribution in [-0.4, -0.2) is 74.8 Å². The zero-order valence-electron chi connectivity index (χ0n) is 20.3. The summed E-state index contributed by atoms with van der Waals surface area (Å²) in [4.78, 5) is 42.1. The van der Waals surface area contributed by atoms with Crippen LogP contribution in [0.1, 0.15) is 29.8 Å². The van der Waals surface area contributed by atoms with Gasteiger partial charge >= 0.3 is 6.09 Å². The SMILES string of the molecule is CC1(C)Cc2cc(NC(=O)c3cnn4cccnc34)c(OC3CN(CC(N)=O)CC3OC(N)=O)cc2O1. The van der Waals surface area contributed by atoms with Gasteiger partial charge in [0.2, 0.25) is 5.91 Å². The summed E-state index contributed by atoms with van der Waals surface area (Å²) in [6.45, 7) is 4.35. The number of likely N-dealkylation sites (tertiary alicyclic amines) is 1. The lowest BCUT2D eigenvalue weighted by Gasteiger charge is -2.22. The number of aromatic nitrogens is 3. The van der Waals surface area contributed by atoms with Crippen LogP contribution in [-0.2, 0) is 16.0 Å². The maximum Gasteiger partial charge on any atom is 0.404 e. The zero-order chi connectivity index (χ0) is 26.3. The number of nitrogens with one attached hydrogen (secondary N) is 1. The number of hydrogen-bond acceptors (Lipinski definition) is 9. The van der Waals surface area contributed by atoms with Gasteiger partial charge in [0.05, 0.1) is 18.4 Å². The lowest BCUT2D eigenvalue weighted by atomic mass is 10.0. The second-order valence-corrected chi connectivity index (χ2v) is 9.69. The van der Waals surface area contributed by atoms with E-state index in [1.807, 2.05) is 13.8 Å². The van der Waals surface area contributed by atoms with E-state index in [9.17, 15) is 14.4 Å². The summed E-state index contributed by atoms with van der Waals surface area (Å²) in [5, 5.41) is 7.07. The number of rotatable bonds is 7. The fourth-order valence-corrected chi connectivity index (χ4v) is 4.71. The van der Waals surface area contributed by atoms with Crippen LogP contribution in [0.3, 0.4) is 0 Å². The Hall–Kier alpha value is -4.39. The number of nitrogens with two attached hydrogens (primary N) is 2. The molecule has 5 rings (SSSR count). The van der Waals surface area contributed by atoms with Crippen molar-refractivity contribution < 1.29 is 28.6 Å². The van der Waals surface area contributed by atoms with Gasteiger partial charge in [0.25, 0.3) is 5.91 Å². The molecule has 5 N–H and O–H groups in total. The first kappa shape index (κ1) is 24.3. The maximum atomic E-state index is 13.3. The van der Waals surface area contributed by atoms with Gasteiger partial charge in [0.15, 0.2) is 11.8 Å². The minimum Gasteiger partial charge on any atom is -0.487 e. The predicted molar refractivity (Wildman–Crippen MR) is 130 cm³/mol. The highest BCUT2D eigenvalue weighted by Crippen LogP contribution is 2.42. The predicted octanol–water partition coefficient (Wildman–Crippen LogP) is 0.707. The number of primary amides is 2. The van der Waals surface area contributed by atoms with E-state index in [0.29, 0.717) is 29.3 Å². The topological polar surface area (TPSA) is 176 Å². The Kier molecular flexibility index (Phi) is 6.07. The van der Waals surface area contributed by atoms with Crippen molar-refractivity contribution in [3.8, 4) is 11.5 Å². The van der Waals surface area contributed by atoms with Gasteiger partial charge in [-0.1, -0.05) is 0 Å². The van der Waals surface area contributed by atoms with Crippen LogP contribution in [0.25, 0.3) is 5.65 Å². The van der Waals surface area contributed by atoms with Gasteiger partial charge in [-0.3, -0.25) is 14.5 Å². The summed E-state index contributed by atoms with van der Waals surface area (Å²) in [5.74, 6) is -0.0294. The average molecular weight is 510 g/mol. The lowest BCUT2D eigenvalue weighted by Crippen LogP contribution is -2.36. The van der Waals surface area contributed by atoms with E-state index in [1.54, 1.807) is 35.5 Å². The Balaban J connectivity index is 1.46. The highest BCUT2D eigenvalue weighted by Gasteiger charge is 2.39. The number of anilines is 1. The molecule has 2 aliphatic heterocycles. The summed E-state index contributed by atoms with van der Waals surface area (Å²) in [7, 11) is 0. The van der Waals surface area contributed by atoms with Crippen molar-refractivity contribution in [1.82, 2.24) is 19.5 Å². The van der Waals surface area contributed by atoms with Gasteiger partial charge in [0.1, 0.15) is 28.8 Å². The quantitative estimate of drug-likeness (QED) is 0.414. The molecule has 0 radical (unpaired) electrons. The third-order valence-corrected chi connectivity index (χ3v) is 6.15. The molecule has 1 fully saturated rings. The molecule has 2 unspecified atom stereocenters. The molecule has 2 aliphatic rings. The molecule has 0 saturated carbocycles. The number of fused-ring (bicyclic) bond motifs is 2. The van der Waals surface area contributed by atoms with E-state index < -0.39 is 35.7 Å². The van der Waals surface area contributed by atoms with Crippen LogP contribution < -0.4 is 26.3 Å². The van der Waals surface area contributed by atoms with E-state index in [1.165, 1.54) is 10.7 Å². The molecule has 0 bridgehead atoms. The zero-order valence-corrected chi connectivity index (χ0v) is 20.3. The molecule has 37 heavy (non-hydrogen) atoms. The van der Waals surface area contributed by atoms with Crippen LogP contribution in [0.2, 0.25) is 0 Å². The van der Waals surface area contributed by atoms with Crippen molar-refractivity contribution in [3.63, 3.8) is 0 Å². The summed E-state index contributed by atoms with van der Waals surface area (Å²) in [5.41, 5.74) is 12.1. The summed E-state index contributed by atoms with van der Waals surface area (Å²) in [6, 6.07) is 5.21. The first-order valence-electron chi connectivity index (χ1n) is 11.7. The minimum atomic E-state index is -0.965. The number of amides is 3. The van der Waals surface area contributed by atoms with Crippen LogP contribution >= 0.6 is 0 Å². The van der Waals surface area contributed by atoms with E-state index in [2.05, 4.69) is 15.4 Å². The molecule has 1 saturated heterocycles. The van der Waals surface area contributed by atoms with Crippen LogP contribution in [0.4, 0.5) is 10.5 Å². The summed E-state index contributed by atoms with van der Waals surface area (Å²) >= 11 is 0. The average Bonchev–Trinajstić information content (AvgIpc) is 3.47. The fourth-order valence-electron chi connectivity index (χ4n) is 4.71. The Bertz CT molecular complexity index is 1390. The first-order valence-corrected chi connectivity index (χ1v) is 11.7. The molecule has 194 valence electrons. The van der Waals surface area contributed by atoms with Crippen LogP contribution in [0, 0.1) is 0 Å². The highest BCUT2D eigenvalue weighted by molar-refractivity contribution is 6.08. The number of hydrogen-bond donors (Lipinski definition) is 3. The molecular weight excluding hydrogens is 482 g/mol.